The first-order valence-corrected chi connectivity index (χ1v) is 3.51. The smallest absolute Gasteiger partial charge is 0.277 e. The van der Waals surface area contributed by atoms with E-state index in [9.17, 15) is 4.79 Å². The van der Waals surface area contributed by atoms with E-state index >= 15 is 0 Å². The van der Waals surface area contributed by atoms with Gasteiger partial charge in [0.2, 0.25) is 0 Å². The van der Waals surface area contributed by atoms with Gasteiger partial charge >= 0.3 is 5.91 Å². The lowest BCUT2D eigenvalue weighted by Gasteiger charge is -2.02. The molecule has 54 valence electrons. The van der Waals surface area contributed by atoms with E-state index in [1.54, 1.807) is 0 Å². The maximum atomic E-state index is 10.9. The first-order valence-electron chi connectivity index (χ1n) is 3.51. The van der Waals surface area contributed by atoms with Gasteiger partial charge in [0, 0.05) is 0 Å². The summed E-state index contributed by atoms with van der Waals surface area (Å²) in [6.45, 7) is 2.10. The van der Waals surface area contributed by atoms with Gasteiger partial charge in [0.1, 0.15) is 0 Å². The fraction of sp³-hybridized carbons (Fsp3) is 0.857. The monoisotopic (exact) mass is 130 g/mol. The van der Waals surface area contributed by atoms with Gasteiger partial charge in [-0.2, -0.15) is 0 Å². The number of carbonyl (C=O) groups excluding carboxylic acids is 1. The number of quaternary nitrogens is 1. The lowest BCUT2D eigenvalue weighted by atomic mass is 10.2. The molecule has 0 spiro atoms. The normalized spacial score (nSPS) is 10.2. The van der Waals surface area contributed by atoms with Crippen LogP contribution in [-0.2, 0) is 4.79 Å². The molecule has 0 saturated carbocycles. The number of amides is 1. The van der Waals surface area contributed by atoms with Crippen molar-refractivity contribution in [3.63, 3.8) is 0 Å². The molecule has 2 nitrogen and oxygen atoms in total. The van der Waals surface area contributed by atoms with E-state index in [1.165, 1.54) is 0 Å². The minimum absolute atomic E-state index is 0.317. The number of carbonyl (C=O) groups is 1. The average molecular weight is 130 g/mol. The Balaban J connectivity index is 3.28. The Labute approximate surface area is 56.9 Å². The summed E-state index contributed by atoms with van der Waals surface area (Å²) in [6.07, 6.45) is 2.88. The van der Waals surface area contributed by atoms with Crippen molar-refractivity contribution in [2.24, 2.45) is 0 Å². The van der Waals surface area contributed by atoms with Gasteiger partial charge in [-0.3, -0.25) is 4.90 Å². The summed E-state index contributed by atoms with van der Waals surface area (Å²) >= 11 is 0. The Kier molecular flexibility index (Phi) is 4.32. The summed E-state index contributed by atoms with van der Waals surface area (Å²) in [5, 5.41) is 0. The van der Waals surface area contributed by atoms with Gasteiger partial charge in [-0.25, -0.2) is 4.79 Å². The fourth-order valence-corrected chi connectivity index (χ4v) is 0.587. The molecule has 0 rings (SSSR count). The molecule has 0 aliphatic rings. The highest BCUT2D eigenvalue weighted by Gasteiger charge is 2.06. The molecule has 1 amide bonds. The van der Waals surface area contributed by atoms with Crippen LogP contribution in [0.15, 0.2) is 0 Å². The van der Waals surface area contributed by atoms with Crippen LogP contribution >= 0.6 is 0 Å². The molecule has 2 heteroatoms. The second-order valence-electron chi connectivity index (χ2n) is 2.53. The topological polar surface area (TPSA) is 21.5 Å². The summed E-state index contributed by atoms with van der Waals surface area (Å²) in [6, 6.07) is 0. The van der Waals surface area contributed by atoms with Crippen molar-refractivity contribution < 1.29 is 9.69 Å². The van der Waals surface area contributed by atoms with Gasteiger partial charge < -0.3 is 0 Å². The summed E-state index contributed by atoms with van der Waals surface area (Å²) < 4.78 is 0. The van der Waals surface area contributed by atoms with Crippen molar-refractivity contribution in [2.75, 3.05) is 14.1 Å². The number of nitrogens with one attached hydrogen (secondary N) is 1. The number of hydrogen-bond donors (Lipinski definition) is 1. The van der Waals surface area contributed by atoms with Gasteiger partial charge in [0.15, 0.2) is 0 Å². The molecule has 0 fully saturated rings. The maximum absolute atomic E-state index is 10.9. The molecule has 0 unspecified atom stereocenters. The minimum Gasteiger partial charge on any atom is -0.277 e. The van der Waals surface area contributed by atoms with Crippen LogP contribution < -0.4 is 4.90 Å². The Morgan fingerprint density at radius 2 is 2.00 bits per heavy atom. The zero-order chi connectivity index (χ0) is 7.28. The minimum atomic E-state index is 0.317. The largest absolute Gasteiger partial charge is 0.311 e. The van der Waals surface area contributed by atoms with Gasteiger partial charge in [0.25, 0.3) is 0 Å². The van der Waals surface area contributed by atoms with Gasteiger partial charge in [-0.15, -0.1) is 0 Å². The van der Waals surface area contributed by atoms with Gasteiger partial charge in [-0.05, 0) is 6.42 Å². The van der Waals surface area contributed by atoms with Crippen LogP contribution in [0.4, 0.5) is 0 Å². The zero-order valence-electron chi connectivity index (χ0n) is 6.53. The Bertz CT molecular complexity index is 88.9. The highest BCUT2D eigenvalue weighted by atomic mass is 16.2. The van der Waals surface area contributed by atoms with Crippen molar-refractivity contribution in [2.45, 2.75) is 26.2 Å². The first kappa shape index (κ1) is 8.63. The molecule has 0 heterocycles. The van der Waals surface area contributed by atoms with E-state index in [0.29, 0.717) is 5.91 Å². The number of unbranched alkanes of at least 4 members (excludes halogenated alkanes) is 1. The summed E-state index contributed by atoms with van der Waals surface area (Å²) in [5.74, 6) is 0.317. The molecular formula is C7H16NO+. The molecule has 0 saturated heterocycles. The summed E-state index contributed by atoms with van der Waals surface area (Å²) in [5.41, 5.74) is 0. The predicted octanol–water partition coefficient (Wildman–Crippen LogP) is -0.152. The molecular weight excluding hydrogens is 114 g/mol. The Hall–Kier alpha value is -0.370. The van der Waals surface area contributed by atoms with E-state index in [1.807, 2.05) is 14.1 Å². The molecule has 0 aromatic carbocycles. The summed E-state index contributed by atoms with van der Waals surface area (Å²) in [4.78, 5) is 11.8. The van der Waals surface area contributed by atoms with E-state index in [0.717, 1.165) is 24.2 Å². The van der Waals surface area contributed by atoms with Crippen LogP contribution in [0.5, 0.6) is 0 Å². The average Bonchev–Trinajstić information content (AvgIpc) is 1.82. The highest BCUT2D eigenvalue weighted by Crippen LogP contribution is 1.90. The van der Waals surface area contributed by atoms with Crippen LogP contribution in [0.1, 0.15) is 26.2 Å². The van der Waals surface area contributed by atoms with Crippen molar-refractivity contribution in [3.05, 3.63) is 0 Å². The number of hydrogen-bond acceptors (Lipinski definition) is 1. The SMILES string of the molecule is CCCCC(=O)[NH+](C)C. The second-order valence-corrected chi connectivity index (χ2v) is 2.53. The lowest BCUT2D eigenvalue weighted by Crippen LogP contribution is -3.08. The van der Waals surface area contributed by atoms with Crippen LogP contribution in [0.25, 0.3) is 0 Å². The summed E-state index contributed by atoms with van der Waals surface area (Å²) in [7, 11) is 3.75. The van der Waals surface area contributed by atoms with Gasteiger partial charge in [-0.1, -0.05) is 13.3 Å². The third-order valence-electron chi connectivity index (χ3n) is 1.32. The van der Waals surface area contributed by atoms with E-state index in [4.69, 9.17) is 0 Å². The maximum Gasteiger partial charge on any atom is 0.311 e. The number of rotatable bonds is 3. The molecule has 0 aliphatic carbocycles. The van der Waals surface area contributed by atoms with E-state index in [2.05, 4.69) is 6.92 Å². The standard InChI is InChI=1S/C7H15NO/c1-4-5-6-7(9)8(2)3/h4-6H2,1-3H3/p+1. The van der Waals surface area contributed by atoms with Crippen molar-refractivity contribution in [1.82, 2.24) is 0 Å². The van der Waals surface area contributed by atoms with Crippen LogP contribution in [0.2, 0.25) is 0 Å². The quantitative estimate of drug-likeness (QED) is 0.563. The van der Waals surface area contributed by atoms with Crippen molar-refractivity contribution >= 4 is 5.91 Å². The molecule has 0 atom stereocenters. The molecule has 0 aliphatic heterocycles. The molecule has 0 bridgehead atoms. The van der Waals surface area contributed by atoms with Crippen LogP contribution in [0.3, 0.4) is 0 Å². The van der Waals surface area contributed by atoms with E-state index < -0.39 is 0 Å². The van der Waals surface area contributed by atoms with Crippen molar-refractivity contribution in [3.8, 4) is 0 Å². The molecule has 0 aromatic rings. The first-order chi connectivity index (χ1) is 4.18. The Morgan fingerprint density at radius 1 is 1.44 bits per heavy atom. The lowest BCUT2D eigenvalue weighted by molar-refractivity contribution is -0.775. The highest BCUT2D eigenvalue weighted by molar-refractivity contribution is 5.66. The molecule has 9 heavy (non-hydrogen) atoms. The zero-order valence-corrected chi connectivity index (χ0v) is 6.53. The second kappa shape index (κ2) is 4.50. The molecule has 1 N–H and O–H groups in total. The van der Waals surface area contributed by atoms with Crippen LogP contribution in [-0.4, -0.2) is 20.0 Å². The van der Waals surface area contributed by atoms with Gasteiger partial charge in [0.05, 0.1) is 20.5 Å². The third kappa shape index (κ3) is 4.15. The van der Waals surface area contributed by atoms with Crippen molar-refractivity contribution in [1.29, 1.82) is 0 Å². The molecule has 0 radical (unpaired) electrons. The fourth-order valence-electron chi connectivity index (χ4n) is 0.587. The predicted molar refractivity (Wildman–Crippen MR) is 37.3 cm³/mol. The van der Waals surface area contributed by atoms with E-state index in [-0.39, 0.29) is 0 Å². The molecule has 0 aromatic heterocycles. The Morgan fingerprint density at radius 3 is 2.33 bits per heavy atom. The van der Waals surface area contributed by atoms with Crippen LogP contribution in [0, 0.1) is 0 Å². The third-order valence-corrected chi connectivity index (χ3v) is 1.32.